The summed E-state index contributed by atoms with van der Waals surface area (Å²) in [5, 5.41) is 5.20. The van der Waals surface area contributed by atoms with Crippen LogP contribution in [0.25, 0.3) is 0 Å². The first-order chi connectivity index (χ1) is 7.72. The van der Waals surface area contributed by atoms with Gasteiger partial charge in [0.25, 0.3) is 0 Å². The van der Waals surface area contributed by atoms with Gasteiger partial charge >= 0.3 is 6.03 Å². The van der Waals surface area contributed by atoms with Crippen LogP contribution in [0.2, 0.25) is 0 Å². The Hall–Kier alpha value is -1.17. The van der Waals surface area contributed by atoms with E-state index in [1.807, 2.05) is 0 Å². The van der Waals surface area contributed by atoms with Gasteiger partial charge in [0.15, 0.2) is 6.86 Å². The molecule has 0 aliphatic heterocycles. The maximum atomic E-state index is 12.4. The molecule has 0 atom stereocenters. The Morgan fingerprint density at radius 2 is 2.19 bits per heavy atom. The molecule has 0 saturated heterocycles. The molecule has 0 aromatic heterocycles. The summed E-state index contributed by atoms with van der Waals surface area (Å²) < 4.78 is 28.3. The van der Waals surface area contributed by atoms with Gasteiger partial charge in [-0.25, -0.2) is 13.6 Å². The molecular weight excluding hydrogens is 218 g/mol. The maximum Gasteiger partial charge on any atom is 0.315 e. The number of alkyl halides is 2. The Bertz CT molecular complexity index is 243. The third kappa shape index (κ3) is 5.06. The van der Waals surface area contributed by atoms with Gasteiger partial charge in [-0.3, -0.25) is 0 Å². The molecule has 1 saturated carbocycles. The van der Waals surface area contributed by atoms with Crippen LogP contribution in [0.15, 0.2) is 12.2 Å². The van der Waals surface area contributed by atoms with Crippen LogP contribution in [0.4, 0.5) is 13.6 Å². The molecule has 16 heavy (non-hydrogen) atoms. The van der Waals surface area contributed by atoms with Crippen molar-refractivity contribution in [3.05, 3.63) is 12.2 Å². The molecule has 1 rings (SSSR count). The van der Waals surface area contributed by atoms with Crippen molar-refractivity contribution < 1.29 is 18.3 Å². The monoisotopic (exact) mass is 234 g/mol. The summed E-state index contributed by atoms with van der Waals surface area (Å²) in [5.41, 5.74) is 0. The molecule has 1 aliphatic rings. The van der Waals surface area contributed by atoms with Gasteiger partial charge < -0.3 is 15.4 Å². The van der Waals surface area contributed by atoms with Crippen LogP contribution in [0.5, 0.6) is 0 Å². The second kappa shape index (κ2) is 7.16. The first-order valence-electron chi connectivity index (χ1n) is 5.19. The zero-order valence-electron chi connectivity index (χ0n) is 8.92. The van der Waals surface area contributed by atoms with E-state index in [2.05, 4.69) is 15.4 Å². The lowest BCUT2D eigenvalue weighted by atomic mass is 9.91. The second-order valence-corrected chi connectivity index (χ2v) is 3.57. The number of amides is 2. The van der Waals surface area contributed by atoms with E-state index in [1.54, 1.807) is 12.2 Å². The largest absolute Gasteiger partial charge is 0.346 e. The van der Waals surface area contributed by atoms with Crippen molar-refractivity contribution in [1.82, 2.24) is 10.6 Å². The maximum absolute atomic E-state index is 12.4. The number of hydrogen-bond donors (Lipinski definition) is 2. The van der Waals surface area contributed by atoms with Crippen LogP contribution in [-0.4, -0.2) is 38.3 Å². The van der Waals surface area contributed by atoms with E-state index >= 15 is 0 Å². The van der Waals surface area contributed by atoms with Crippen molar-refractivity contribution in [3.63, 3.8) is 0 Å². The van der Waals surface area contributed by atoms with Crippen molar-refractivity contribution in [2.45, 2.75) is 25.1 Å². The first kappa shape index (κ1) is 12.9. The van der Waals surface area contributed by atoms with Crippen LogP contribution >= 0.6 is 0 Å². The molecule has 0 spiro atoms. The summed E-state index contributed by atoms with van der Waals surface area (Å²) in [6.45, 7) is -0.288. The summed E-state index contributed by atoms with van der Waals surface area (Å²) in [6.07, 6.45) is 3.29. The Kier molecular flexibility index (Phi) is 5.77. The fraction of sp³-hybridized carbons (Fsp3) is 0.700. The van der Waals surface area contributed by atoms with Crippen molar-refractivity contribution in [1.29, 1.82) is 0 Å². The molecule has 4 nitrogen and oxygen atoms in total. The standard InChI is InChI=1S/C10H16F2N2O2/c11-7-16-4-2-1-3-13-10(15)14-9-5-8(12)6-9/h1-2,8-9H,3-7H2,(H2,13,14,15)/b2-1+. The number of ether oxygens (including phenoxy) is 1. The average Bonchev–Trinajstić information content (AvgIpc) is 2.21. The van der Waals surface area contributed by atoms with Gasteiger partial charge in [-0.15, -0.1) is 0 Å². The van der Waals surface area contributed by atoms with E-state index in [-0.39, 0.29) is 18.7 Å². The number of hydrogen-bond acceptors (Lipinski definition) is 2. The number of halogens is 2. The summed E-state index contributed by atoms with van der Waals surface area (Å²) in [5.74, 6) is 0. The Balaban J connectivity index is 1.96. The fourth-order valence-electron chi connectivity index (χ4n) is 1.32. The summed E-state index contributed by atoms with van der Waals surface area (Å²) >= 11 is 0. The van der Waals surface area contributed by atoms with Crippen LogP contribution < -0.4 is 10.6 Å². The normalized spacial score (nSPS) is 24.1. The second-order valence-electron chi connectivity index (χ2n) is 3.57. The molecule has 0 aromatic carbocycles. The van der Waals surface area contributed by atoms with Gasteiger partial charge in [-0.05, 0) is 12.8 Å². The first-order valence-corrected chi connectivity index (χ1v) is 5.19. The van der Waals surface area contributed by atoms with Crippen molar-refractivity contribution >= 4 is 6.03 Å². The van der Waals surface area contributed by atoms with Crippen LogP contribution in [0.3, 0.4) is 0 Å². The minimum atomic E-state index is -0.815. The van der Waals surface area contributed by atoms with E-state index in [9.17, 15) is 13.6 Å². The molecule has 0 radical (unpaired) electrons. The molecule has 0 aromatic rings. The van der Waals surface area contributed by atoms with Gasteiger partial charge in [-0.2, -0.15) is 0 Å². The molecule has 2 amide bonds. The molecule has 0 heterocycles. The van der Waals surface area contributed by atoms with Crippen molar-refractivity contribution in [3.8, 4) is 0 Å². The van der Waals surface area contributed by atoms with Crippen molar-refractivity contribution in [2.24, 2.45) is 0 Å². The van der Waals surface area contributed by atoms with Crippen LogP contribution in [-0.2, 0) is 4.74 Å². The average molecular weight is 234 g/mol. The highest BCUT2D eigenvalue weighted by molar-refractivity contribution is 5.74. The van der Waals surface area contributed by atoms with Gasteiger partial charge in [0.2, 0.25) is 0 Å². The van der Waals surface area contributed by atoms with E-state index in [0.717, 1.165) is 0 Å². The number of urea groups is 1. The summed E-state index contributed by atoms with van der Waals surface area (Å²) in [7, 11) is 0. The lowest BCUT2D eigenvalue weighted by Gasteiger charge is -2.30. The Morgan fingerprint density at radius 3 is 2.81 bits per heavy atom. The van der Waals surface area contributed by atoms with E-state index < -0.39 is 13.0 Å². The van der Waals surface area contributed by atoms with E-state index in [1.165, 1.54) is 0 Å². The van der Waals surface area contributed by atoms with Gasteiger partial charge in [0.1, 0.15) is 6.17 Å². The summed E-state index contributed by atoms with van der Waals surface area (Å²) in [4.78, 5) is 11.2. The van der Waals surface area contributed by atoms with Gasteiger partial charge in [-0.1, -0.05) is 12.2 Å². The highest BCUT2D eigenvalue weighted by Gasteiger charge is 2.29. The zero-order chi connectivity index (χ0) is 11.8. The minimum absolute atomic E-state index is 0.0474. The topological polar surface area (TPSA) is 50.4 Å². The lowest BCUT2D eigenvalue weighted by Crippen LogP contribution is -2.49. The number of carbonyl (C=O) groups excluding carboxylic acids is 1. The molecule has 1 fully saturated rings. The predicted octanol–water partition coefficient (Wildman–Crippen LogP) is 1.29. The molecule has 0 unspecified atom stereocenters. The minimum Gasteiger partial charge on any atom is -0.346 e. The fourth-order valence-corrected chi connectivity index (χ4v) is 1.32. The number of nitrogens with one attached hydrogen (secondary N) is 2. The van der Waals surface area contributed by atoms with E-state index in [0.29, 0.717) is 19.4 Å². The van der Waals surface area contributed by atoms with Crippen LogP contribution in [0, 0.1) is 0 Å². The van der Waals surface area contributed by atoms with Crippen molar-refractivity contribution in [2.75, 3.05) is 20.0 Å². The smallest absolute Gasteiger partial charge is 0.315 e. The van der Waals surface area contributed by atoms with Crippen LogP contribution in [0.1, 0.15) is 12.8 Å². The SMILES string of the molecule is O=C(NC/C=C/COCF)NC1CC(F)C1. The number of rotatable bonds is 6. The third-order valence-electron chi connectivity index (χ3n) is 2.25. The predicted molar refractivity (Wildman–Crippen MR) is 55.5 cm³/mol. The molecule has 1 aliphatic carbocycles. The number of carbonyl (C=O) groups is 1. The summed E-state index contributed by atoms with van der Waals surface area (Å²) in [6, 6.07) is -0.359. The van der Waals surface area contributed by atoms with Gasteiger partial charge in [0, 0.05) is 12.6 Å². The molecule has 2 N–H and O–H groups in total. The molecule has 92 valence electrons. The molecular formula is C10H16F2N2O2. The molecule has 6 heteroatoms. The lowest BCUT2D eigenvalue weighted by molar-refractivity contribution is 0.0777. The Morgan fingerprint density at radius 1 is 1.44 bits per heavy atom. The third-order valence-corrected chi connectivity index (χ3v) is 2.25. The molecule has 0 bridgehead atoms. The quantitative estimate of drug-likeness (QED) is 0.537. The highest BCUT2D eigenvalue weighted by atomic mass is 19.1. The Labute approximate surface area is 93.0 Å². The zero-order valence-corrected chi connectivity index (χ0v) is 8.92. The van der Waals surface area contributed by atoms with Gasteiger partial charge in [0.05, 0.1) is 6.61 Å². The van der Waals surface area contributed by atoms with E-state index in [4.69, 9.17) is 0 Å². The highest BCUT2D eigenvalue weighted by Crippen LogP contribution is 2.22.